The summed E-state index contributed by atoms with van der Waals surface area (Å²) in [7, 11) is -10.7. The molecule has 9 nitrogen and oxygen atoms in total. The van der Waals surface area contributed by atoms with Crippen LogP contribution < -0.4 is 0 Å². The fourth-order valence-electron chi connectivity index (χ4n) is 3.10. The van der Waals surface area contributed by atoms with Gasteiger partial charge in [0.25, 0.3) is 0 Å². The Morgan fingerprint density at radius 1 is 1.00 bits per heavy atom. The van der Waals surface area contributed by atoms with Gasteiger partial charge in [-0.2, -0.15) is 16.8 Å². The van der Waals surface area contributed by atoms with Crippen LogP contribution in [-0.4, -0.2) is 51.5 Å². The van der Waals surface area contributed by atoms with Crippen molar-refractivity contribution in [1.29, 1.82) is 0 Å². The molecule has 0 amide bonds. The van der Waals surface area contributed by atoms with Crippen molar-refractivity contribution < 1.29 is 39.6 Å². The number of halogens is 1. The first-order valence-electron chi connectivity index (χ1n) is 8.06. The van der Waals surface area contributed by atoms with E-state index in [-0.39, 0.29) is 11.1 Å². The normalized spacial score (nSPS) is 23.0. The lowest BCUT2D eigenvalue weighted by atomic mass is 9.86. The highest BCUT2D eigenvalue weighted by molar-refractivity contribution is 8.08. The van der Waals surface area contributed by atoms with E-state index in [9.17, 15) is 31.2 Å². The highest BCUT2D eigenvalue weighted by atomic mass is 35.5. The number of hydrogen-bond acceptors (Lipinski definition) is 9. The van der Waals surface area contributed by atoms with Crippen LogP contribution in [0, 0.1) is 0 Å². The first-order chi connectivity index (χ1) is 13.5. The average Bonchev–Trinajstić information content (AvgIpc) is 2.75. The van der Waals surface area contributed by atoms with Gasteiger partial charge in [-0.1, -0.05) is 41.9 Å². The molecule has 0 unspecified atom stereocenters. The Balaban J connectivity index is 2.53. The molecule has 2 aliphatic rings. The highest BCUT2D eigenvalue weighted by Gasteiger charge is 2.69. The second-order valence-corrected chi connectivity index (χ2v) is 10.1. The number of hydrogen-bond donors (Lipinski definition) is 0. The van der Waals surface area contributed by atoms with Gasteiger partial charge >= 0.3 is 24.3 Å². The molecule has 12 heteroatoms. The number of ketones is 3. The fraction of sp³-hybridized carbons (Fsp3) is 0.235. The van der Waals surface area contributed by atoms with E-state index in [1.54, 1.807) is 0 Å². The number of allylic oxidation sites excluding steroid dienone is 3. The summed E-state index contributed by atoms with van der Waals surface area (Å²) in [4.78, 5) is 38.8. The van der Waals surface area contributed by atoms with Crippen LogP contribution in [0.4, 0.5) is 0 Å². The molecule has 1 aromatic rings. The third-order valence-electron chi connectivity index (χ3n) is 4.30. The van der Waals surface area contributed by atoms with Crippen molar-refractivity contribution in [1.82, 2.24) is 0 Å². The minimum atomic E-state index is -5.37. The lowest BCUT2D eigenvalue weighted by Crippen LogP contribution is -2.56. The SMILES string of the molecule is C/C=C/C(=O)C1(C2=C(Cl)C(=O)c3ccccc3C2=O)S(=O)(=O)OCCOS1(=O)=O. The molecule has 0 atom stereocenters. The smallest absolute Gasteiger partial charge is 0.291 e. The molecule has 1 aromatic carbocycles. The molecule has 0 N–H and O–H groups in total. The summed E-state index contributed by atoms with van der Waals surface area (Å²) >= 11 is 6.02. The van der Waals surface area contributed by atoms with Crippen LogP contribution in [0.15, 0.2) is 47.0 Å². The average molecular weight is 461 g/mol. The molecule has 0 spiro atoms. The maximum absolute atomic E-state index is 13.2. The van der Waals surface area contributed by atoms with Crippen molar-refractivity contribution in [3.63, 3.8) is 0 Å². The first kappa shape index (κ1) is 21.5. The van der Waals surface area contributed by atoms with Gasteiger partial charge in [0, 0.05) is 11.1 Å². The molecule has 0 saturated carbocycles. The standard InChI is InChI=1S/C17H13ClO9S2/c1-2-5-12(19)17(28(22,23)26-8-9-27-29(17,24)25)13-14(18)16(21)11-7-4-3-6-10(11)15(13)20/h2-7H,8-9H2,1H3/b5-2+. The number of carbonyl (C=O) groups excluding carboxylic acids is 3. The molecular weight excluding hydrogens is 448 g/mol. The number of fused-ring (bicyclic) bond motifs is 1. The third kappa shape index (κ3) is 2.92. The van der Waals surface area contributed by atoms with Crippen LogP contribution in [0.2, 0.25) is 0 Å². The van der Waals surface area contributed by atoms with Crippen molar-refractivity contribution in [2.45, 2.75) is 11.0 Å². The molecule has 1 saturated heterocycles. The quantitative estimate of drug-likeness (QED) is 0.479. The molecule has 1 heterocycles. The van der Waals surface area contributed by atoms with Crippen LogP contribution >= 0.6 is 11.6 Å². The molecule has 1 aliphatic heterocycles. The van der Waals surface area contributed by atoms with Gasteiger partial charge in [0.15, 0.2) is 5.78 Å². The number of benzene rings is 1. The lowest BCUT2D eigenvalue weighted by Gasteiger charge is -2.31. The van der Waals surface area contributed by atoms with Crippen molar-refractivity contribution in [2.75, 3.05) is 13.2 Å². The summed E-state index contributed by atoms with van der Waals surface area (Å²) in [6.07, 6.45) is 1.69. The Kier molecular flexibility index (Phi) is 5.39. The summed E-state index contributed by atoms with van der Waals surface area (Å²) < 4.78 is 57.5. The Hall–Kier alpha value is -2.18. The fourth-order valence-corrected chi connectivity index (χ4v) is 7.25. The predicted molar refractivity (Wildman–Crippen MR) is 100 cm³/mol. The number of Topliss-reactive ketones (excluding diaryl/α,β-unsaturated/α-hetero) is 2. The highest BCUT2D eigenvalue weighted by Crippen LogP contribution is 2.45. The summed E-state index contributed by atoms with van der Waals surface area (Å²) in [5, 5.41) is -1.02. The van der Waals surface area contributed by atoms with Crippen molar-refractivity contribution in [3.05, 3.63) is 58.1 Å². The molecule has 0 bridgehead atoms. The predicted octanol–water partition coefficient (Wildman–Crippen LogP) is 1.11. The van der Waals surface area contributed by atoms with E-state index in [1.807, 2.05) is 0 Å². The van der Waals surface area contributed by atoms with Crippen LogP contribution in [0.1, 0.15) is 27.6 Å². The zero-order valence-corrected chi connectivity index (χ0v) is 17.1. The van der Waals surface area contributed by atoms with Gasteiger partial charge in [0.2, 0.25) is 11.6 Å². The minimum Gasteiger partial charge on any atom is -0.291 e. The van der Waals surface area contributed by atoms with E-state index in [4.69, 9.17) is 11.6 Å². The Morgan fingerprint density at radius 3 is 1.97 bits per heavy atom. The van der Waals surface area contributed by atoms with E-state index < -0.39 is 65.5 Å². The van der Waals surface area contributed by atoms with Gasteiger partial charge in [0.1, 0.15) is 0 Å². The van der Waals surface area contributed by atoms with Gasteiger partial charge in [-0.15, -0.1) is 0 Å². The van der Waals surface area contributed by atoms with E-state index in [0.717, 1.165) is 6.08 Å². The summed E-state index contributed by atoms with van der Waals surface area (Å²) in [6, 6.07) is 5.26. The minimum absolute atomic E-state index is 0.162. The zero-order chi connectivity index (χ0) is 21.6. The second-order valence-electron chi connectivity index (χ2n) is 5.93. The van der Waals surface area contributed by atoms with E-state index in [0.29, 0.717) is 6.08 Å². The molecular formula is C17H13ClO9S2. The maximum Gasteiger partial charge on any atom is 0.314 e. The monoisotopic (exact) mass is 460 g/mol. The van der Waals surface area contributed by atoms with Gasteiger partial charge < -0.3 is 0 Å². The van der Waals surface area contributed by atoms with Crippen LogP contribution in [-0.2, 0) is 33.4 Å². The molecule has 3 rings (SSSR count). The lowest BCUT2D eigenvalue weighted by molar-refractivity contribution is -0.114. The van der Waals surface area contributed by atoms with E-state index >= 15 is 0 Å². The van der Waals surface area contributed by atoms with E-state index in [1.165, 1.54) is 31.2 Å². The molecule has 1 fully saturated rings. The largest absolute Gasteiger partial charge is 0.314 e. The Morgan fingerprint density at radius 2 is 1.48 bits per heavy atom. The Labute approximate surface area is 171 Å². The van der Waals surface area contributed by atoms with Crippen molar-refractivity contribution in [2.24, 2.45) is 0 Å². The summed E-state index contributed by atoms with van der Waals surface area (Å²) in [5.41, 5.74) is -1.71. The van der Waals surface area contributed by atoms with Gasteiger partial charge in [-0.05, 0) is 13.0 Å². The Bertz CT molecular complexity index is 1170. The van der Waals surface area contributed by atoms with Crippen molar-refractivity contribution in [3.8, 4) is 0 Å². The zero-order valence-electron chi connectivity index (χ0n) is 14.7. The topological polar surface area (TPSA) is 138 Å². The molecule has 154 valence electrons. The van der Waals surface area contributed by atoms with Gasteiger partial charge in [-0.3, -0.25) is 22.7 Å². The maximum atomic E-state index is 13.2. The van der Waals surface area contributed by atoms with Gasteiger partial charge in [0.05, 0.1) is 23.8 Å². The summed E-state index contributed by atoms with van der Waals surface area (Å²) in [5.74, 6) is -3.81. The number of rotatable bonds is 3. The summed E-state index contributed by atoms with van der Waals surface area (Å²) in [6.45, 7) is -0.130. The van der Waals surface area contributed by atoms with Crippen LogP contribution in [0.5, 0.6) is 0 Å². The molecule has 0 radical (unpaired) electrons. The molecule has 29 heavy (non-hydrogen) atoms. The van der Waals surface area contributed by atoms with E-state index in [2.05, 4.69) is 8.37 Å². The van der Waals surface area contributed by atoms with Crippen LogP contribution in [0.25, 0.3) is 0 Å². The van der Waals surface area contributed by atoms with Gasteiger partial charge in [-0.25, -0.2) is 0 Å². The second kappa shape index (κ2) is 7.26. The van der Waals surface area contributed by atoms with Crippen LogP contribution in [0.3, 0.4) is 0 Å². The molecule has 1 aliphatic carbocycles. The molecule has 0 aromatic heterocycles. The first-order valence-corrected chi connectivity index (χ1v) is 11.3. The van der Waals surface area contributed by atoms with Crippen molar-refractivity contribution >= 4 is 49.2 Å². The third-order valence-corrected chi connectivity index (χ3v) is 9.06. The number of carbonyl (C=O) groups is 3.